The Kier molecular flexibility index (Phi) is 4.55. The normalized spacial score (nSPS) is 14.6. The molecule has 0 bridgehead atoms. The van der Waals surface area contributed by atoms with E-state index in [9.17, 15) is 5.11 Å². The summed E-state index contributed by atoms with van der Waals surface area (Å²) < 4.78 is 7.01. The Bertz CT molecular complexity index is 383. The molecule has 0 saturated carbocycles. The van der Waals surface area contributed by atoms with Gasteiger partial charge in [0.25, 0.3) is 0 Å². The Balaban J connectivity index is 1.67. The number of nitrogens with one attached hydrogen (secondary N) is 1. The first kappa shape index (κ1) is 12.9. The molecule has 2 atom stereocenters. The summed E-state index contributed by atoms with van der Waals surface area (Å²) in [5.74, 6) is 0.955. The molecular weight excluding hydrogens is 230 g/mol. The van der Waals surface area contributed by atoms with Crippen molar-refractivity contribution in [2.24, 2.45) is 0 Å². The fourth-order valence-electron chi connectivity index (χ4n) is 1.83. The minimum atomic E-state index is -0.441. The first-order chi connectivity index (χ1) is 8.74. The molecule has 2 aromatic rings. The minimum absolute atomic E-state index is 0.267. The second kappa shape index (κ2) is 6.37. The van der Waals surface area contributed by atoms with Crippen molar-refractivity contribution in [1.82, 2.24) is 15.1 Å². The van der Waals surface area contributed by atoms with Crippen LogP contribution in [0, 0.1) is 0 Å². The van der Waals surface area contributed by atoms with E-state index in [1.54, 1.807) is 17.1 Å². The minimum Gasteiger partial charge on any atom is -0.469 e. The van der Waals surface area contributed by atoms with E-state index in [-0.39, 0.29) is 6.04 Å². The van der Waals surface area contributed by atoms with Gasteiger partial charge < -0.3 is 14.8 Å². The molecule has 0 aliphatic rings. The van der Waals surface area contributed by atoms with Crippen LogP contribution in [0.4, 0.5) is 0 Å². The Morgan fingerprint density at radius 1 is 1.50 bits per heavy atom. The van der Waals surface area contributed by atoms with Gasteiger partial charge in [-0.15, -0.1) is 0 Å². The summed E-state index contributed by atoms with van der Waals surface area (Å²) in [6.45, 7) is 3.12. The third-order valence-corrected chi connectivity index (χ3v) is 2.75. The summed E-state index contributed by atoms with van der Waals surface area (Å²) in [6.07, 6.45) is 5.61. The second-order valence-corrected chi connectivity index (χ2v) is 4.47. The number of furan rings is 1. The van der Waals surface area contributed by atoms with E-state index in [4.69, 9.17) is 4.42 Å². The van der Waals surface area contributed by atoms with Crippen LogP contribution in [-0.4, -0.2) is 33.6 Å². The maximum atomic E-state index is 9.85. The van der Waals surface area contributed by atoms with Crippen molar-refractivity contribution in [3.05, 3.63) is 42.6 Å². The van der Waals surface area contributed by atoms with Crippen molar-refractivity contribution >= 4 is 0 Å². The predicted molar refractivity (Wildman–Crippen MR) is 68.1 cm³/mol. The van der Waals surface area contributed by atoms with Gasteiger partial charge in [0.05, 0.1) is 18.9 Å². The zero-order valence-corrected chi connectivity index (χ0v) is 10.5. The van der Waals surface area contributed by atoms with Crippen molar-refractivity contribution in [1.29, 1.82) is 0 Å². The number of nitrogens with zero attached hydrogens (tertiary/aromatic N) is 2. The highest BCUT2D eigenvalue weighted by atomic mass is 16.3. The van der Waals surface area contributed by atoms with Crippen molar-refractivity contribution in [3.63, 3.8) is 0 Å². The molecule has 5 heteroatoms. The fourth-order valence-corrected chi connectivity index (χ4v) is 1.83. The van der Waals surface area contributed by atoms with Gasteiger partial charge in [0.1, 0.15) is 5.76 Å². The fraction of sp³-hybridized carbons (Fsp3) is 0.462. The predicted octanol–water partition coefficient (Wildman–Crippen LogP) is 1.06. The van der Waals surface area contributed by atoms with Crippen LogP contribution in [0.1, 0.15) is 12.7 Å². The van der Waals surface area contributed by atoms with E-state index in [1.807, 2.05) is 24.4 Å². The van der Waals surface area contributed by atoms with Gasteiger partial charge in [-0.1, -0.05) is 0 Å². The number of hydrogen-bond acceptors (Lipinski definition) is 4. The second-order valence-electron chi connectivity index (χ2n) is 4.47. The van der Waals surface area contributed by atoms with Gasteiger partial charge in [-0.3, -0.25) is 4.68 Å². The smallest absolute Gasteiger partial charge is 0.105 e. The average molecular weight is 249 g/mol. The Labute approximate surface area is 106 Å². The molecule has 0 radical (unpaired) electrons. The summed E-state index contributed by atoms with van der Waals surface area (Å²) >= 11 is 0. The lowest BCUT2D eigenvalue weighted by Gasteiger charge is -2.16. The van der Waals surface area contributed by atoms with Gasteiger partial charge in [0, 0.05) is 31.4 Å². The van der Waals surface area contributed by atoms with E-state index in [2.05, 4.69) is 17.3 Å². The summed E-state index contributed by atoms with van der Waals surface area (Å²) in [7, 11) is 0. The molecule has 0 aliphatic heterocycles. The standard InChI is InChI=1S/C13H19N3O2/c1-11(8-13-4-2-7-18-13)14-9-12(17)10-16-6-3-5-15-16/h2-7,11-12,14,17H,8-10H2,1H3. The largest absolute Gasteiger partial charge is 0.469 e. The Hall–Kier alpha value is -1.59. The molecule has 2 heterocycles. The van der Waals surface area contributed by atoms with E-state index in [0.717, 1.165) is 12.2 Å². The van der Waals surface area contributed by atoms with Gasteiger partial charge in [-0.2, -0.15) is 5.10 Å². The van der Waals surface area contributed by atoms with Gasteiger partial charge in [-0.25, -0.2) is 0 Å². The molecule has 2 rings (SSSR count). The quantitative estimate of drug-likeness (QED) is 0.770. The number of rotatable bonds is 7. The van der Waals surface area contributed by atoms with Crippen LogP contribution >= 0.6 is 0 Å². The monoisotopic (exact) mass is 249 g/mol. The maximum Gasteiger partial charge on any atom is 0.105 e. The Morgan fingerprint density at radius 3 is 3.06 bits per heavy atom. The Morgan fingerprint density at radius 2 is 2.39 bits per heavy atom. The van der Waals surface area contributed by atoms with Crippen molar-refractivity contribution in [2.75, 3.05) is 6.54 Å². The SMILES string of the molecule is CC(Cc1ccco1)NCC(O)Cn1cccn1. The molecule has 0 fully saturated rings. The summed E-state index contributed by atoms with van der Waals surface area (Å²) in [5.41, 5.74) is 0. The molecule has 5 nitrogen and oxygen atoms in total. The summed E-state index contributed by atoms with van der Waals surface area (Å²) in [4.78, 5) is 0. The van der Waals surface area contributed by atoms with Crippen LogP contribution in [0.5, 0.6) is 0 Å². The van der Waals surface area contributed by atoms with Gasteiger partial charge >= 0.3 is 0 Å². The zero-order chi connectivity index (χ0) is 12.8. The van der Waals surface area contributed by atoms with E-state index in [0.29, 0.717) is 13.1 Å². The third-order valence-electron chi connectivity index (χ3n) is 2.75. The van der Waals surface area contributed by atoms with Crippen molar-refractivity contribution in [3.8, 4) is 0 Å². The van der Waals surface area contributed by atoms with E-state index >= 15 is 0 Å². The highest BCUT2D eigenvalue weighted by Gasteiger charge is 2.09. The molecule has 0 amide bonds. The lowest BCUT2D eigenvalue weighted by atomic mass is 10.2. The molecule has 98 valence electrons. The van der Waals surface area contributed by atoms with Gasteiger partial charge in [0.2, 0.25) is 0 Å². The van der Waals surface area contributed by atoms with Gasteiger partial charge in [-0.05, 0) is 25.1 Å². The lowest BCUT2D eigenvalue weighted by molar-refractivity contribution is 0.143. The van der Waals surface area contributed by atoms with E-state index in [1.165, 1.54) is 0 Å². The molecule has 0 saturated heterocycles. The molecular formula is C13H19N3O2. The van der Waals surface area contributed by atoms with Crippen LogP contribution in [0.3, 0.4) is 0 Å². The van der Waals surface area contributed by atoms with Crippen LogP contribution in [0.2, 0.25) is 0 Å². The highest BCUT2D eigenvalue weighted by Crippen LogP contribution is 2.03. The van der Waals surface area contributed by atoms with Crippen molar-refractivity contribution in [2.45, 2.75) is 32.0 Å². The molecule has 2 N–H and O–H groups in total. The summed E-state index contributed by atoms with van der Waals surface area (Å²) in [6, 6.07) is 5.95. The van der Waals surface area contributed by atoms with Crippen LogP contribution in [0.15, 0.2) is 41.3 Å². The highest BCUT2D eigenvalue weighted by molar-refractivity contribution is 4.99. The van der Waals surface area contributed by atoms with Crippen molar-refractivity contribution < 1.29 is 9.52 Å². The lowest BCUT2D eigenvalue weighted by Crippen LogP contribution is -2.36. The first-order valence-electron chi connectivity index (χ1n) is 6.15. The molecule has 0 aliphatic carbocycles. The third kappa shape index (κ3) is 4.01. The number of aliphatic hydroxyl groups is 1. The van der Waals surface area contributed by atoms with Crippen LogP contribution in [-0.2, 0) is 13.0 Å². The average Bonchev–Trinajstić information content (AvgIpc) is 2.99. The summed E-state index contributed by atoms with van der Waals surface area (Å²) in [5, 5.41) is 17.2. The number of aliphatic hydroxyl groups excluding tert-OH is 1. The number of hydrogen-bond donors (Lipinski definition) is 2. The van der Waals surface area contributed by atoms with Crippen LogP contribution in [0.25, 0.3) is 0 Å². The molecule has 18 heavy (non-hydrogen) atoms. The van der Waals surface area contributed by atoms with Crippen LogP contribution < -0.4 is 5.32 Å². The molecule has 2 aromatic heterocycles. The number of aromatic nitrogens is 2. The topological polar surface area (TPSA) is 63.2 Å². The zero-order valence-electron chi connectivity index (χ0n) is 10.5. The molecule has 0 spiro atoms. The first-order valence-corrected chi connectivity index (χ1v) is 6.15. The van der Waals surface area contributed by atoms with Gasteiger partial charge in [0.15, 0.2) is 0 Å². The van der Waals surface area contributed by atoms with E-state index < -0.39 is 6.10 Å². The molecule has 0 aromatic carbocycles. The maximum absolute atomic E-state index is 9.85. The molecule has 2 unspecified atom stereocenters.